The Morgan fingerprint density at radius 1 is 1.17 bits per heavy atom. The van der Waals surface area contributed by atoms with E-state index in [0.717, 1.165) is 64.1 Å². The van der Waals surface area contributed by atoms with Crippen LogP contribution in [0.25, 0.3) is 21.3 Å². The van der Waals surface area contributed by atoms with Gasteiger partial charge in [-0.15, -0.1) is 0 Å². The summed E-state index contributed by atoms with van der Waals surface area (Å²) in [5.41, 5.74) is 4.55. The van der Waals surface area contributed by atoms with Crippen molar-refractivity contribution in [2.24, 2.45) is 7.05 Å². The van der Waals surface area contributed by atoms with Gasteiger partial charge in [0.2, 0.25) is 0 Å². The molecule has 1 aromatic carbocycles. The number of thiazole rings is 1. The SMILES string of the molecule is Cc1cc(C(=O)Nc2ccc3nc(N4CCOCC4)sc3c2)c2c(C)nn(C)c2n1. The van der Waals surface area contributed by atoms with Crippen molar-refractivity contribution >= 4 is 49.3 Å². The minimum Gasteiger partial charge on any atom is -0.378 e. The van der Waals surface area contributed by atoms with Gasteiger partial charge in [-0.25, -0.2) is 9.97 Å². The lowest BCUT2D eigenvalue weighted by atomic mass is 10.1. The number of aryl methyl sites for hydroxylation is 3. The number of morpholine rings is 1. The standard InChI is InChI=1S/C21H22N6O2S/c1-12-10-15(18-13(2)25-26(3)19(18)22-12)20(28)23-14-4-5-16-17(11-14)30-21(24-16)27-6-8-29-9-7-27/h4-5,10-11H,6-9H2,1-3H3,(H,23,28). The van der Waals surface area contributed by atoms with E-state index in [1.807, 2.05) is 45.2 Å². The molecular formula is C21H22N6O2S. The maximum absolute atomic E-state index is 13.1. The number of carbonyl (C=O) groups is 1. The normalized spacial score (nSPS) is 14.6. The number of hydrogen-bond donors (Lipinski definition) is 1. The van der Waals surface area contributed by atoms with Gasteiger partial charge in [0, 0.05) is 31.5 Å². The van der Waals surface area contributed by atoms with Gasteiger partial charge in [0.1, 0.15) is 0 Å². The molecule has 4 heterocycles. The zero-order chi connectivity index (χ0) is 20.8. The van der Waals surface area contributed by atoms with E-state index in [1.54, 1.807) is 16.0 Å². The largest absolute Gasteiger partial charge is 0.378 e. The van der Waals surface area contributed by atoms with E-state index < -0.39 is 0 Å². The number of pyridine rings is 1. The van der Waals surface area contributed by atoms with Gasteiger partial charge >= 0.3 is 0 Å². The molecule has 1 saturated heterocycles. The van der Waals surface area contributed by atoms with E-state index in [1.165, 1.54) is 0 Å². The van der Waals surface area contributed by atoms with Crippen molar-refractivity contribution in [3.8, 4) is 0 Å². The fraction of sp³-hybridized carbons (Fsp3) is 0.333. The summed E-state index contributed by atoms with van der Waals surface area (Å²) in [7, 11) is 1.84. The van der Waals surface area contributed by atoms with E-state index >= 15 is 0 Å². The maximum atomic E-state index is 13.1. The van der Waals surface area contributed by atoms with Crippen LogP contribution < -0.4 is 10.2 Å². The van der Waals surface area contributed by atoms with Crippen LogP contribution in [0.1, 0.15) is 21.7 Å². The first-order valence-corrected chi connectivity index (χ1v) is 10.7. The summed E-state index contributed by atoms with van der Waals surface area (Å²) < 4.78 is 8.18. The highest BCUT2D eigenvalue weighted by atomic mass is 32.1. The Hall–Kier alpha value is -3.04. The average molecular weight is 423 g/mol. The smallest absolute Gasteiger partial charge is 0.256 e. The Balaban J connectivity index is 1.45. The fourth-order valence-electron chi connectivity index (χ4n) is 3.83. The molecule has 30 heavy (non-hydrogen) atoms. The predicted octanol–water partition coefficient (Wildman–Crippen LogP) is 3.28. The van der Waals surface area contributed by atoms with Gasteiger partial charge in [-0.05, 0) is 38.1 Å². The molecule has 0 bridgehead atoms. The molecule has 1 fully saturated rings. The number of benzene rings is 1. The second-order valence-electron chi connectivity index (χ2n) is 7.45. The highest BCUT2D eigenvalue weighted by Gasteiger charge is 2.19. The summed E-state index contributed by atoms with van der Waals surface area (Å²) >= 11 is 1.64. The van der Waals surface area contributed by atoms with Crippen LogP contribution in [0.15, 0.2) is 24.3 Å². The van der Waals surface area contributed by atoms with Crippen LogP contribution in [0.2, 0.25) is 0 Å². The molecule has 5 rings (SSSR count). The van der Waals surface area contributed by atoms with Gasteiger partial charge in [0.15, 0.2) is 10.8 Å². The topological polar surface area (TPSA) is 85.2 Å². The zero-order valence-corrected chi connectivity index (χ0v) is 17.9. The van der Waals surface area contributed by atoms with Crippen molar-refractivity contribution < 1.29 is 9.53 Å². The summed E-state index contributed by atoms with van der Waals surface area (Å²) in [6.45, 7) is 6.94. The quantitative estimate of drug-likeness (QED) is 0.545. The molecule has 1 aliphatic rings. The third-order valence-corrected chi connectivity index (χ3v) is 6.34. The molecule has 4 aromatic rings. The summed E-state index contributed by atoms with van der Waals surface area (Å²) in [6.07, 6.45) is 0. The van der Waals surface area contributed by atoms with E-state index in [4.69, 9.17) is 9.72 Å². The molecular weight excluding hydrogens is 400 g/mol. The second kappa shape index (κ2) is 7.33. The van der Waals surface area contributed by atoms with Gasteiger partial charge in [-0.1, -0.05) is 11.3 Å². The van der Waals surface area contributed by atoms with Gasteiger partial charge in [-0.2, -0.15) is 5.10 Å². The molecule has 0 radical (unpaired) electrons. The van der Waals surface area contributed by atoms with Crippen LogP contribution in [-0.4, -0.2) is 52.0 Å². The van der Waals surface area contributed by atoms with Crippen molar-refractivity contribution in [2.75, 3.05) is 36.5 Å². The number of nitrogens with zero attached hydrogens (tertiary/aromatic N) is 5. The first-order valence-electron chi connectivity index (χ1n) is 9.85. The summed E-state index contributed by atoms with van der Waals surface area (Å²) in [5, 5.41) is 9.24. The van der Waals surface area contributed by atoms with E-state index in [0.29, 0.717) is 11.2 Å². The van der Waals surface area contributed by atoms with Crippen molar-refractivity contribution in [3.63, 3.8) is 0 Å². The monoisotopic (exact) mass is 422 g/mol. The molecule has 1 amide bonds. The Labute approximate surface area is 177 Å². The summed E-state index contributed by atoms with van der Waals surface area (Å²) in [4.78, 5) is 24.6. The number of aromatic nitrogens is 4. The Morgan fingerprint density at radius 2 is 1.97 bits per heavy atom. The third-order valence-electron chi connectivity index (χ3n) is 5.26. The maximum Gasteiger partial charge on any atom is 0.256 e. The summed E-state index contributed by atoms with van der Waals surface area (Å²) in [6, 6.07) is 7.64. The van der Waals surface area contributed by atoms with Crippen LogP contribution in [0.4, 0.5) is 10.8 Å². The van der Waals surface area contributed by atoms with Crippen molar-refractivity contribution in [3.05, 3.63) is 41.2 Å². The van der Waals surface area contributed by atoms with Crippen molar-refractivity contribution in [1.82, 2.24) is 19.7 Å². The third kappa shape index (κ3) is 3.29. The molecule has 1 N–H and O–H groups in total. The van der Waals surface area contributed by atoms with Crippen LogP contribution in [0.3, 0.4) is 0 Å². The molecule has 0 atom stereocenters. The lowest BCUT2D eigenvalue weighted by Crippen LogP contribution is -2.36. The number of hydrogen-bond acceptors (Lipinski definition) is 7. The lowest BCUT2D eigenvalue weighted by Gasteiger charge is -2.25. The van der Waals surface area contributed by atoms with Gasteiger partial charge < -0.3 is 15.0 Å². The minimum absolute atomic E-state index is 0.168. The molecule has 1 aliphatic heterocycles. The average Bonchev–Trinajstić information content (AvgIpc) is 3.28. The van der Waals surface area contributed by atoms with E-state index in [9.17, 15) is 4.79 Å². The van der Waals surface area contributed by atoms with Crippen LogP contribution in [0, 0.1) is 13.8 Å². The molecule has 3 aromatic heterocycles. The highest BCUT2D eigenvalue weighted by Crippen LogP contribution is 2.31. The molecule has 0 spiro atoms. The van der Waals surface area contributed by atoms with Crippen molar-refractivity contribution in [2.45, 2.75) is 13.8 Å². The molecule has 0 saturated carbocycles. The van der Waals surface area contributed by atoms with E-state index in [-0.39, 0.29) is 5.91 Å². The second-order valence-corrected chi connectivity index (χ2v) is 8.46. The van der Waals surface area contributed by atoms with Crippen LogP contribution >= 0.6 is 11.3 Å². The van der Waals surface area contributed by atoms with Gasteiger partial charge in [-0.3, -0.25) is 9.48 Å². The minimum atomic E-state index is -0.168. The number of rotatable bonds is 3. The number of fused-ring (bicyclic) bond motifs is 2. The van der Waals surface area contributed by atoms with Crippen LogP contribution in [-0.2, 0) is 11.8 Å². The molecule has 9 heteroatoms. The number of anilines is 2. The van der Waals surface area contributed by atoms with Crippen LogP contribution in [0.5, 0.6) is 0 Å². The Morgan fingerprint density at radius 3 is 2.77 bits per heavy atom. The molecule has 0 unspecified atom stereocenters. The Kier molecular flexibility index (Phi) is 4.63. The predicted molar refractivity (Wildman–Crippen MR) is 119 cm³/mol. The number of nitrogens with one attached hydrogen (secondary N) is 1. The molecule has 154 valence electrons. The fourth-order valence-corrected chi connectivity index (χ4v) is 4.88. The highest BCUT2D eigenvalue weighted by molar-refractivity contribution is 7.22. The molecule has 8 nitrogen and oxygen atoms in total. The van der Waals surface area contributed by atoms with Gasteiger partial charge in [0.25, 0.3) is 5.91 Å². The Bertz CT molecular complexity index is 1270. The van der Waals surface area contributed by atoms with Gasteiger partial charge in [0.05, 0.1) is 40.1 Å². The first kappa shape index (κ1) is 19.0. The first-order chi connectivity index (χ1) is 14.5. The zero-order valence-electron chi connectivity index (χ0n) is 17.1. The van der Waals surface area contributed by atoms with E-state index in [2.05, 4.69) is 20.3 Å². The number of amides is 1. The molecule has 0 aliphatic carbocycles. The lowest BCUT2D eigenvalue weighted by molar-refractivity contribution is 0.102. The number of ether oxygens (including phenoxy) is 1. The summed E-state index contributed by atoms with van der Waals surface area (Å²) in [5.74, 6) is -0.168. The van der Waals surface area contributed by atoms with Crippen molar-refractivity contribution in [1.29, 1.82) is 0 Å². The number of carbonyl (C=O) groups excluding carboxylic acids is 1.